The van der Waals surface area contributed by atoms with Crippen LogP contribution in [0.15, 0.2) is 0 Å². The first kappa shape index (κ1) is 8.21. The van der Waals surface area contributed by atoms with Gasteiger partial charge in [0, 0.05) is 29.2 Å². The van der Waals surface area contributed by atoms with Crippen molar-refractivity contribution in [1.29, 1.82) is 0 Å². The maximum absolute atomic E-state index is 3.37. The SMILES string of the molecule is BrN1CCCC1.[MgH2]. The average molecular weight is 176 g/mol. The Hall–Kier alpha value is 1.21. The zero-order valence-electron chi connectivity index (χ0n) is 3.65. The summed E-state index contributed by atoms with van der Waals surface area (Å²) in [5, 5.41) is 0. The molecule has 1 rings (SSSR count). The molecule has 40 valence electrons. The van der Waals surface area contributed by atoms with Gasteiger partial charge in [0.25, 0.3) is 0 Å². The molecule has 0 aromatic rings. The van der Waals surface area contributed by atoms with E-state index in [4.69, 9.17) is 0 Å². The highest BCUT2D eigenvalue weighted by Gasteiger charge is 2.05. The Kier molecular flexibility index (Phi) is 4.83. The highest BCUT2D eigenvalue weighted by Crippen LogP contribution is 2.10. The topological polar surface area (TPSA) is 3.24 Å². The summed E-state index contributed by atoms with van der Waals surface area (Å²) >= 11 is 3.37. The van der Waals surface area contributed by atoms with Gasteiger partial charge in [-0.2, -0.15) is 0 Å². The second-order valence-electron chi connectivity index (χ2n) is 1.62. The van der Waals surface area contributed by atoms with E-state index in [-0.39, 0.29) is 23.1 Å². The molecule has 0 radical (unpaired) electrons. The third-order valence-corrected chi connectivity index (χ3v) is 1.76. The molecule has 7 heavy (non-hydrogen) atoms. The van der Waals surface area contributed by atoms with Gasteiger partial charge in [-0.1, -0.05) is 0 Å². The summed E-state index contributed by atoms with van der Waals surface area (Å²) in [5.41, 5.74) is 0. The van der Waals surface area contributed by atoms with E-state index in [1.807, 2.05) is 0 Å². The molecular weight excluding hydrogens is 166 g/mol. The lowest BCUT2D eigenvalue weighted by atomic mass is 10.4. The van der Waals surface area contributed by atoms with E-state index in [0.29, 0.717) is 0 Å². The van der Waals surface area contributed by atoms with Crippen LogP contribution < -0.4 is 0 Å². The predicted octanol–water partition coefficient (Wildman–Crippen LogP) is 0.476. The second-order valence-corrected chi connectivity index (χ2v) is 2.62. The van der Waals surface area contributed by atoms with Gasteiger partial charge in [0.05, 0.1) is 0 Å². The molecule has 1 heterocycles. The number of hydrogen-bond donors (Lipinski definition) is 0. The van der Waals surface area contributed by atoms with Crippen LogP contribution in [0.3, 0.4) is 0 Å². The van der Waals surface area contributed by atoms with Crippen LogP contribution in [-0.2, 0) is 0 Å². The predicted molar refractivity (Wildman–Crippen MR) is 38.3 cm³/mol. The standard InChI is InChI=1S/C4H8BrN.Mg.2H/c5-6-3-1-2-4-6;;;/h1-4H2;;;. The molecule has 1 fully saturated rings. The third-order valence-electron chi connectivity index (χ3n) is 1.05. The number of halogens is 1. The van der Waals surface area contributed by atoms with Crippen LogP contribution >= 0.6 is 16.1 Å². The van der Waals surface area contributed by atoms with E-state index in [2.05, 4.69) is 20.1 Å². The molecule has 0 aromatic heterocycles. The van der Waals surface area contributed by atoms with Crippen molar-refractivity contribution in [3.63, 3.8) is 0 Å². The summed E-state index contributed by atoms with van der Waals surface area (Å²) in [6.45, 7) is 2.47. The van der Waals surface area contributed by atoms with Gasteiger partial charge in [0.15, 0.2) is 0 Å². The fourth-order valence-corrected chi connectivity index (χ4v) is 1.18. The van der Waals surface area contributed by atoms with Gasteiger partial charge in [0.2, 0.25) is 0 Å². The molecule has 1 aliphatic rings. The normalized spacial score (nSPS) is 21.9. The van der Waals surface area contributed by atoms with Crippen LogP contribution in [0.5, 0.6) is 0 Å². The van der Waals surface area contributed by atoms with Gasteiger partial charge >= 0.3 is 23.1 Å². The Morgan fingerprint density at radius 1 is 1.14 bits per heavy atom. The van der Waals surface area contributed by atoms with Crippen molar-refractivity contribution < 1.29 is 0 Å². The lowest BCUT2D eigenvalue weighted by Crippen LogP contribution is -2.01. The maximum Gasteiger partial charge on any atom is 0.316 e. The molecule has 1 nitrogen and oxygen atoms in total. The minimum atomic E-state index is 0. The van der Waals surface area contributed by atoms with Crippen LogP contribution in [0.4, 0.5) is 0 Å². The fourth-order valence-electron chi connectivity index (χ4n) is 0.679. The van der Waals surface area contributed by atoms with Gasteiger partial charge in [-0.15, -0.1) is 0 Å². The van der Waals surface area contributed by atoms with Gasteiger partial charge in [0.1, 0.15) is 0 Å². The fraction of sp³-hybridized carbons (Fsp3) is 1.00. The highest BCUT2D eigenvalue weighted by molar-refractivity contribution is 9.07. The summed E-state index contributed by atoms with van der Waals surface area (Å²) in [4.78, 5) is 0. The van der Waals surface area contributed by atoms with Crippen molar-refractivity contribution in [1.82, 2.24) is 3.93 Å². The van der Waals surface area contributed by atoms with Crippen LogP contribution in [0.1, 0.15) is 12.8 Å². The molecule has 0 spiro atoms. The van der Waals surface area contributed by atoms with Gasteiger partial charge < -0.3 is 0 Å². The zero-order valence-corrected chi connectivity index (χ0v) is 5.24. The molecule has 0 aliphatic carbocycles. The van der Waals surface area contributed by atoms with E-state index in [1.165, 1.54) is 25.9 Å². The average Bonchev–Trinajstić information content (AvgIpc) is 1.86. The first-order valence-electron chi connectivity index (χ1n) is 2.30. The summed E-state index contributed by atoms with van der Waals surface area (Å²) in [6, 6.07) is 0. The zero-order chi connectivity index (χ0) is 4.41. The van der Waals surface area contributed by atoms with Crippen LogP contribution in [0.2, 0.25) is 0 Å². The van der Waals surface area contributed by atoms with Gasteiger partial charge in [-0.25, -0.2) is 3.93 Å². The van der Waals surface area contributed by atoms with E-state index in [0.717, 1.165) is 0 Å². The van der Waals surface area contributed by atoms with Crippen molar-refractivity contribution in [3.8, 4) is 0 Å². The number of hydrogen-bond acceptors (Lipinski definition) is 1. The highest BCUT2D eigenvalue weighted by atomic mass is 79.9. The van der Waals surface area contributed by atoms with Crippen molar-refractivity contribution in [2.24, 2.45) is 0 Å². The summed E-state index contributed by atoms with van der Waals surface area (Å²) in [6.07, 6.45) is 2.73. The van der Waals surface area contributed by atoms with Crippen molar-refractivity contribution in [3.05, 3.63) is 0 Å². The van der Waals surface area contributed by atoms with Crippen LogP contribution in [0.25, 0.3) is 0 Å². The molecule has 0 atom stereocenters. The second kappa shape index (κ2) is 4.12. The Labute approximate surface area is 68.9 Å². The molecule has 1 saturated heterocycles. The maximum atomic E-state index is 3.37. The monoisotopic (exact) mass is 175 g/mol. The van der Waals surface area contributed by atoms with Crippen LogP contribution in [-0.4, -0.2) is 40.1 Å². The lowest BCUT2D eigenvalue weighted by molar-refractivity contribution is 0.608. The number of nitrogens with zero attached hydrogens (tertiary/aromatic N) is 1. The quantitative estimate of drug-likeness (QED) is 0.383. The molecule has 0 aromatic carbocycles. The Balaban J connectivity index is 0.000000360. The lowest BCUT2D eigenvalue weighted by Gasteiger charge is -1.97. The minimum Gasteiger partial charge on any atom is -0.242 e. The Morgan fingerprint density at radius 3 is 1.71 bits per heavy atom. The Morgan fingerprint density at radius 2 is 1.57 bits per heavy atom. The molecule has 0 saturated carbocycles. The molecule has 0 unspecified atom stereocenters. The van der Waals surface area contributed by atoms with Crippen LogP contribution in [0, 0.1) is 0 Å². The molecule has 0 amide bonds. The van der Waals surface area contributed by atoms with Crippen molar-refractivity contribution in [2.75, 3.05) is 13.1 Å². The largest absolute Gasteiger partial charge is 0.316 e. The summed E-state index contributed by atoms with van der Waals surface area (Å²) in [5.74, 6) is 0. The molecule has 0 N–H and O–H groups in total. The van der Waals surface area contributed by atoms with Gasteiger partial charge in [-0.05, 0) is 12.8 Å². The number of rotatable bonds is 0. The van der Waals surface area contributed by atoms with E-state index >= 15 is 0 Å². The smallest absolute Gasteiger partial charge is 0.242 e. The third kappa shape index (κ3) is 2.90. The van der Waals surface area contributed by atoms with E-state index < -0.39 is 0 Å². The van der Waals surface area contributed by atoms with E-state index in [1.54, 1.807) is 0 Å². The molecule has 1 aliphatic heterocycles. The summed E-state index contributed by atoms with van der Waals surface area (Å²) in [7, 11) is 0. The van der Waals surface area contributed by atoms with Gasteiger partial charge in [-0.3, -0.25) is 0 Å². The van der Waals surface area contributed by atoms with Crippen molar-refractivity contribution in [2.45, 2.75) is 12.8 Å². The molecular formula is C4H10BrMgN. The molecule has 3 heteroatoms. The minimum absolute atomic E-state index is 0. The Bertz CT molecular complexity index is 45.0. The van der Waals surface area contributed by atoms with E-state index in [9.17, 15) is 0 Å². The van der Waals surface area contributed by atoms with Crippen molar-refractivity contribution >= 4 is 39.2 Å². The first-order valence-corrected chi connectivity index (χ1v) is 3.01. The molecule has 0 bridgehead atoms. The summed E-state index contributed by atoms with van der Waals surface area (Å²) < 4.78 is 2.17. The first-order chi connectivity index (χ1) is 2.89.